The van der Waals surface area contributed by atoms with Gasteiger partial charge < -0.3 is 10.1 Å². The number of benzene rings is 1. The molecule has 102 valence electrons. The summed E-state index contributed by atoms with van der Waals surface area (Å²) in [6.45, 7) is 2.03. The molecule has 2 fully saturated rings. The fraction of sp³-hybridized carbons (Fsp3) is 0.562. The van der Waals surface area contributed by atoms with Crippen molar-refractivity contribution in [1.29, 1.82) is 0 Å². The lowest BCUT2D eigenvalue weighted by molar-refractivity contribution is -0.124. The van der Waals surface area contributed by atoms with Gasteiger partial charge in [-0.05, 0) is 49.5 Å². The first kappa shape index (κ1) is 12.7. The van der Waals surface area contributed by atoms with Crippen LogP contribution in [0.5, 0.6) is 5.75 Å². The van der Waals surface area contributed by atoms with Crippen LogP contribution in [-0.2, 0) is 10.2 Å². The molecule has 0 radical (unpaired) electrons. The average molecular weight is 259 g/mol. The zero-order valence-corrected chi connectivity index (χ0v) is 11.4. The van der Waals surface area contributed by atoms with E-state index in [0.29, 0.717) is 18.1 Å². The highest BCUT2D eigenvalue weighted by atomic mass is 16.5. The van der Waals surface area contributed by atoms with Crippen LogP contribution in [-0.4, -0.2) is 26.0 Å². The molecule has 3 heteroatoms. The second-order valence-electron chi connectivity index (χ2n) is 5.79. The van der Waals surface area contributed by atoms with E-state index in [1.807, 2.05) is 12.1 Å². The summed E-state index contributed by atoms with van der Waals surface area (Å²) >= 11 is 0. The van der Waals surface area contributed by atoms with E-state index in [1.54, 1.807) is 7.11 Å². The van der Waals surface area contributed by atoms with E-state index >= 15 is 0 Å². The van der Waals surface area contributed by atoms with Crippen molar-refractivity contribution < 1.29 is 9.53 Å². The lowest BCUT2D eigenvalue weighted by Crippen LogP contribution is -2.51. The van der Waals surface area contributed by atoms with Crippen LogP contribution in [0.15, 0.2) is 24.3 Å². The number of ether oxygens (including phenoxy) is 1. The molecule has 3 nitrogen and oxygen atoms in total. The molecule has 1 aromatic carbocycles. The summed E-state index contributed by atoms with van der Waals surface area (Å²) in [5, 5.41) is 3.48. The largest absolute Gasteiger partial charge is 0.497 e. The maximum absolute atomic E-state index is 12.0. The summed E-state index contributed by atoms with van der Waals surface area (Å²) in [4.78, 5) is 12.0. The number of Topliss-reactive ketones (excluding diaryl/α,β-unsaturated/α-hetero) is 1. The number of carbonyl (C=O) groups excluding carboxylic acids is 1. The second-order valence-corrected chi connectivity index (χ2v) is 5.79. The Bertz CT molecular complexity index is 485. The molecule has 0 bridgehead atoms. The molecule has 1 N–H and O–H groups in total. The lowest BCUT2D eigenvalue weighted by atomic mass is 9.59. The Kier molecular flexibility index (Phi) is 3.31. The predicted molar refractivity (Wildman–Crippen MR) is 74.5 cm³/mol. The van der Waals surface area contributed by atoms with Gasteiger partial charge in [-0.15, -0.1) is 0 Å². The minimum absolute atomic E-state index is 0.0368. The van der Waals surface area contributed by atoms with Crippen LogP contribution < -0.4 is 10.1 Å². The molecule has 2 aliphatic rings. The summed E-state index contributed by atoms with van der Waals surface area (Å²) in [5.41, 5.74) is 1.32. The standard InChI is InChI=1S/C16H21NO2/c1-19-15-4-2-3-12(9-15)16-7-8-17-11-13(16)5-6-14(18)10-16/h2-4,9,13,17H,5-8,10-11H2,1H3/t13-,16+/m1/s1. The topological polar surface area (TPSA) is 38.3 Å². The molecular weight excluding hydrogens is 238 g/mol. The molecule has 1 aromatic rings. The zero-order chi connectivity index (χ0) is 13.3. The van der Waals surface area contributed by atoms with Crippen LogP contribution in [0.4, 0.5) is 0 Å². The first-order valence-electron chi connectivity index (χ1n) is 7.11. The van der Waals surface area contributed by atoms with Gasteiger partial charge in [0.1, 0.15) is 11.5 Å². The van der Waals surface area contributed by atoms with E-state index in [0.717, 1.165) is 38.1 Å². The fourth-order valence-electron chi connectivity index (χ4n) is 3.79. The number of carbonyl (C=O) groups is 1. The molecule has 0 amide bonds. The molecule has 1 aliphatic heterocycles. The molecule has 1 heterocycles. The van der Waals surface area contributed by atoms with Gasteiger partial charge in [0.2, 0.25) is 0 Å². The van der Waals surface area contributed by atoms with Crippen molar-refractivity contribution in [3.8, 4) is 5.75 Å². The summed E-state index contributed by atoms with van der Waals surface area (Å²) < 4.78 is 5.35. The molecule has 1 saturated carbocycles. The monoisotopic (exact) mass is 259 g/mol. The van der Waals surface area contributed by atoms with Crippen molar-refractivity contribution in [2.24, 2.45) is 5.92 Å². The van der Waals surface area contributed by atoms with E-state index in [9.17, 15) is 4.79 Å². The lowest BCUT2D eigenvalue weighted by Gasteiger charge is -2.47. The van der Waals surface area contributed by atoms with Gasteiger partial charge in [0.25, 0.3) is 0 Å². The third-order valence-electron chi connectivity index (χ3n) is 4.85. The summed E-state index contributed by atoms with van der Waals surface area (Å²) in [6, 6.07) is 8.30. The summed E-state index contributed by atoms with van der Waals surface area (Å²) in [7, 11) is 1.70. The normalized spacial score (nSPS) is 30.8. The predicted octanol–water partition coefficient (Wildman–Crippen LogP) is 2.30. The minimum Gasteiger partial charge on any atom is -0.497 e. The SMILES string of the molecule is COc1cccc([C@@]23CCNC[C@H]2CCC(=O)C3)c1. The van der Waals surface area contributed by atoms with Crippen molar-refractivity contribution in [2.75, 3.05) is 20.2 Å². The van der Waals surface area contributed by atoms with E-state index in [2.05, 4.69) is 17.4 Å². The number of methoxy groups -OCH3 is 1. The Morgan fingerprint density at radius 3 is 3.16 bits per heavy atom. The molecule has 3 rings (SSSR count). The summed E-state index contributed by atoms with van der Waals surface area (Å²) in [5.74, 6) is 1.88. The first-order valence-corrected chi connectivity index (χ1v) is 7.11. The van der Waals surface area contributed by atoms with Crippen LogP contribution in [0.25, 0.3) is 0 Å². The Balaban J connectivity index is 2.02. The molecular formula is C16H21NO2. The van der Waals surface area contributed by atoms with Crippen molar-refractivity contribution in [3.63, 3.8) is 0 Å². The molecule has 1 aliphatic carbocycles. The maximum Gasteiger partial charge on any atom is 0.133 e. The van der Waals surface area contributed by atoms with Gasteiger partial charge in [0.15, 0.2) is 0 Å². The zero-order valence-electron chi connectivity index (χ0n) is 11.4. The Labute approximate surface area is 114 Å². The molecule has 0 spiro atoms. The number of fused-ring (bicyclic) bond motifs is 1. The number of hydrogen-bond donors (Lipinski definition) is 1. The highest BCUT2D eigenvalue weighted by Gasteiger charge is 2.46. The van der Waals surface area contributed by atoms with Gasteiger partial charge in [0, 0.05) is 18.3 Å². The van der Waals surface area contributed by atoms with E-state index in [1.165, 1.54) is 5.56 Å². The second kappa shape index (κ2) is 4.97. The smallest absolute Gasteiger partial charge is 0.133 e. The van der Waals surface area contributed by atoms with Crippen molar-refractivity contribution >= 4 is 5.78 Å². The molecule has 19 heavy (non-hydrogen) atoms. The third kappa shape index (κ3) is 2.16. The van der Waals surface area contributed by atoms with Crippen LogP contribution in [0.2, 0.25) is 0 Å². The van der Waals surface area contributed by atoms with Crippen molar-refractivity contribution in [2.45, 2.75) is 31.1 Å². The minimum atomic E-state index is 0.0368. The van der Waals surface area contributed by atoms with Gasteiger partial charge in [-0.1, -0.05) is 12.1 Å². The number of nitrogens with one attached hydrogen (secondary N) is 1. The molecule has 0 unspecified atom stereocenters. The van der Waals surface area contributed by atoms with Gasteiger partial charge in [-0.2, -0.15) is 0 Å². The molecule has 1 saturated heterocycles. The number of hydrogen-bond acceptors (Lipinski definition) is 3. The van der Waals surface area contributed by atoms with Crippen LogP contribution in [0.3, 0.4) is 0 Å². The van der Waals surface area contributed by atoms with E-state index in [-0.39, 0.29) is 5.41 Å². The molecule has 0 aromatic heterocycles. The van der Waals surface area contributed by atoms with Crippen LogP contribution in [0, 0.1) is 5.92 Å². The quantitative estimate of drug-likeness (QED) is 0.885. The first-order chi connectivity index (χ1) is 9.24. The highest BCUT2D eigenvalue weighted by Crippen LogP contribution is 2.46. The third-order valence-corrected chi connectivity index (χ3v) is 4.85. The van der Waals surface area contributed by atoms with Crippen LogP contribution >= 0.6 is 0 Å². The van der Waals surface area contributed by atoms with Gasteiger partial charge in [0.05, 0.1) is 7.11 Å². The Morgan fingerprint density at radius 2 is 2.32 bits per heavy atom. The van der Waals surface area contributed by atoms with E-state index < -0.39 is 0 Å². The van der Waals surface area contributed by atoms with Gasteiger partial charge in [-0.3, -0.25) is 4.79 Å². The average Bonchev–Trinajstić information content (AvgIpc) is 2.47. The fourth-order valence-corrected chi connectivity index (χ4v) is 3.79. The van der Waals surface area contributed by atoms with E-state index in [4.69, 9.17) is 4.74 Å². The van der Waals surface area contributed by atoms with Crippen molar-refractivity contribution in [3.05, 3.63) is 29.8 Å². The van der Waals surface area contributed by atoms with Crippen LogP contribution in [0.1, 0.15) is 31.2 Å². The number of piperidine rings is 1. The molecule has 2 atom stereocenters. The Hall–Kier alpha value is -1.35. The highest BCUT2D eigenvalue weighted by molar-refractivity contribution is 5.81. The maximum atomic E-state index is 12.0. The van der Waals surface area contributed by atoms with Gasteiger partial charge in [-0.25, -0.2) is 0 Å². The van der Waals surface area contributed by atoms with Gasteiger partial charge >= 0.3 is 0 Å². The summed E-state index contributed by atoms with van der Waals surface area (Å²) in [6.07, 6.45) is 3.52. The number of ketones is 1. The van der Waals surface area contributed by atoms with Crippen molar-refractivity contribution in [1.82, 2.24) is 5.32 Å². The Morgan fingerprint density at radius 1 is 1.42 bits per heavy atom. The number of rotatable bonds is 2.